The van der Waals surface area contributed by atoms with Gasteiger partial charge in [-0.1, -0.05) is 0 Å². The molecule has 0 atom stereocenters. The summed E-state index contributed by atoms with van der Waals surface area (Å²) >= 11 is 3.06. The molecule has 0 aromatic heterocycles. The minimum Gasteiger partial charge on any atom is -0.425 e. The van der Waals surface area contributed by atoms with Crippen molar-refractivity contribution in [2.24, 2.45) is 0 Å². The molecule has 3 rings (SSSR count). The van der Waals surface area contributed by atoms with Crippen LogP contribution in [0.1, 0.15) is 18.4 Å². The van der Waals surface area contributed by atoms with Crippen molar-refractivity contribution in [1.29, 1.82) is 0 Å². The smallest absolute Gasteiger partial charge is 0.322 e. The molecule has 2 nitrogen and oxygen atoms in total. The van der Waals surface area contributed by atoms with Gasteiger partial charge in [0, 0.05) is 5.56 Å². The Hall–Kier alpha value is -0.900. The summed E-state index contributed by atoms with van der Waals surface area (Å²) in [4.78, 5) is 11.5. The molecule has 0 amide bonds. The zero-order chi connectivity index (χ0) is 9.92. The SMILES string of the molecule is O=C1Oc2cc(Br)c(F)cc2C12CC2. The average Bonchev–Trinajstić information content (AvgIpc) is 2.87. The highest BCUT2D eigenvalue weighted by Gasteiger charge is 2.58. The van der Waals surface area contributed by atoms with Crippen LogP contribution in [0.4, 0.5) is 4.39 Å². The number of hydrogen-bond acceptors (Lipinski definition) is 2. The van der Waals surface area contributed by atoms with Crippen molar-refractivity contribution in [3.05, 3.63) is 28.0 Å². The molecular weight excluding hydrogens is 251 g/mol. The molecule has 1 fully saturated rings. The lowest BCUT2D eigenvalue weighted by Crippen LogP contribution is -2.16. The average molecular weight is 257 g/mol. The van der Waals surface area contributed by atoms with E-state index in [-0.39, 0.29) is 11.8 Å². The summed E-state index contributed by atoms with van der Waals surface area (Å²) in [5.41, 5.74) is 0.208. The van der Waals surface area contributed by atoms with Gasteiger partial charge in [0.2, 0.25) is 0 Å². The number of halogens is 2. The maximum Gasteiger partial charge on any atom is 0.322 e. The Bertz CT molecular complexity index is 452. The van der Waals surface area contributed by atoms with Gasteiger partial charge in [0.25, 0.3) is 0 Å². The van der Waals surface area contributed by atoms with Crippen LogP contribution in [0, 0.1) is 5.82 Å². The number of esters is 1. The summed E-state index contributed by atoms with van der Waals surface area (Å²) in [5, 5.41) is 0. The van der Waals surface area contributed by atoms with E-state index in [9.17, 15) is 9.18 Å². The largest absolute Gasteiger partial charge is 0.425 e. The molecule has 14 heavy (non-hydrogen) atoms. The van der Waals surface area contributed by atoms with E-state index in [0.29, 0.717) is 15.8 Å². The van der Waals surface area contributed by atoms with E-state index in [4.69, 9.17) is 4.74 Å². The summed E-state index contributed by atoms with van der Waals surface area (Å²) in [5.74, 6) is -0.0703. The van der Waals surface area contributed by atoms with Gasteiger partial charge in [-0.2, -0.15) is 0 Å². The zero-order valence-electron chi connectivity index (χ0n) is 7.14. The van der Waals surface area contributed by atoms with Crippen LogP contribution in [0.25, 0.3) is 0 Å². The highest BCUT2D eigenvalue weighted by atomic mass is 79.9. The Labute approximate surface area is 88.2 Å². The summed E-state index contributed by atoms with van der Waals surface area (Å²) in [6, 6.07) is 2.92. The van der Waals surface area contributed by atoms with Crippen molar-refractivity contribution in [2.45, 2.75) is 18.3 Å². The molecular formula is C10H6BrFO2. The highest BCUT2D eigenvalue weighted by Crippen LogP contribution is 2.56. The normalized spacial score (nSPS) is 20.9. The number of ether oxygens (including phenoxy) is 1. The van der Waals surface area contributed by atoms with Crippen LogP contribution in [-0.4, -0.2) is 5.97 Å². The molecule has 0 radical (unpaired) electrons. The molecule has 0 unspecified atom stereocenters. The van der Waals surface area contributed by atoms with Crippen LogP contribution in [0.5, 0.6) is 5.75 Å². The molecule has 0 N–H and O–H groups in total. The topological polar surface area (TPSA) is 26.3 Å². The van der Waals surface area contributed by atoms with Crippen molar-refractivity contribution < 1.29 is 13.9 Å². The van der Waals surface area contributed by atoms with E-state index < -0.39 is 5.41 Å². The summed E-state index contributed by atoms with van der Waals surface area (Å²) in [6.07, 6.45) is 1.56. The van der Waals surface area contributed by atoms with Gasteiger partial charge in [0.05, 0.1) is 9.89 Å². The first-order chi connectivity index (χ1) is 6.63. The molecule has 1 aliphatic heterocycles. The van der Waals surface area contributed by atoms with Crippen molar-refractivity contribution in [3.8, 4) is 5.75 Å². The van der Waals surface area contributed by atoms with Crippen molar-refractivity contribution in [3.63, 3.8) is 0 Å². The minimum atomic E-state index is -0.503. The fourth-order valence-corrected chi connectivity index (χ4v) is 2.22. The van der Waals surface area contributed by atoms with Gasteiger partial charge >= 0.3 is 5.97 Å². The number of rotatable bonds is 0. The molecule has 1 heterocycles. The molecule has 0 saturated heterocycles. The summed E-state index contributed by atoms with van der Waals surface area (Å²) < 4.78 is 18.7. The maximum absolute atomic E-state index is 13.3. The first-order valence-electron chi connectivity index (χ1n) is 4.35. The highest BCUT2D eigenvalue weighted by molar-refractivity contribution is 9.10. The third-order valence-corrected chi connectivity index (χ3v) is 3.49. The van der Waals surface area contributed by atoms with Gasteiger partial charge in [-0.15, -0.1) is 0 Å². The third kappa shape index (κ3) is 0.869. The van der Waals surface area contributed by atoms with Gasteiger partial charge in [0.1, 0.15) is 11.6 Å². The van der Waals surface area contributed by atoms with E-state index >= 15 is 0 Å². The molecule has 2 aliphatic rings. The third-order valence-electron chi connectivity index (χ3n) is 2.88. The minimum absolute atomic E-state index is 0.231. The van der Waals surface area contributed by atoms with E-state index in [1.807, 2.05) is 0 Å². The van der Waals surface area contributed by atoms with Crippen LogP contribution in [0.2, 0.25) is 0 Å². The first kappa shape index (κ1) is 8.41. The molecule has 1 spiro atoms. The first-order valence-corrected chi connectivity index (χ1v) is 5.15. The number of benzene rings is 1. The van der Waals surface area contributed by atoms with E-state index in [0.717, 1.165) is 12.8 Å². The van der Waals surface area contributed by atoms with Crippen LogP contribution >= 0.6 is 15.9 Å². The fourth-order valence-electron chi connectivity index (χ4n) is 1.89. The van der Waals surface area contributed by atoms with E-state index in [1.165, 1.54) is 12.1 Å². The molecule has 0 bridgehead atoms. The number of carbonyl (C=O) groups is 1. The molecule has 72 valence electrons. The fraction of sp³-hybridized carbons (Fsp3) is 0.300. The van der Waals surface area contributed by atoms with Gasteiger partial charge in [-0.25, -0.2) is 4.39 Å². The van der Waals surface area contributed by atoms with E-state index in [1.54, 1.807) is 0 Å². The molecule has 1 aromatic rings. The quantitative estimate of drug-likeness (QED) is 0.527. The number of fused-ring (bicyclic) bond motifs is 2. The van der Waals surface area contributed by atoms with Crippen LogP contribution < -0.4 is 4.74 Å². The van der Waals surface area contributed by atoms with Crippen LogP contribution in [0.3, 0.4) is 0 Å². The Morgan fingerprint density at radius 2 is 2.14 bits per heavy atom. The Morgan fingerprint density at radius 3 is 2.79 bits per heavy atom. The van der Waals surface area contributed by atoms with Gasteiger partial charge in [0.15, 0.2) is 0 Å². The van der Waals surface area contributed by atoms with Crippen molar-refractivity contribution >= 4 is 21.9 Å². The Morgan fingerprint density at radius 1 is 1.43 bits per heavy atom. The summed E-state index contributed by atoms with van der Waals surface area (Å²) in [7, 11) is 0. The molecule has 1 saturated carbocycles. The zero-order valence-corrected chi connectivity index (χ0v) is 8.73. The van der Waals surface area contributed by atoms with Gasteiger partial charge < -0.3 is 4.74 Å². The lowest BCUT2D eigenvalue weighted by atomic mass is 9.98. The van der Waals surface area contributed by atoms with Crippen molar-refractivity contribution in [2.75, 3.05) is 0 Å². The second kappa shape index (κ2) is 2.37. The monoisotopic (exact) mass is 256 g/mol. The Balaban J connectivity index is 2.24. The predicted molar refractivity (Wildman–Crippen MR) is 50.6 cm³/mol. The molecule has 1 aromatic carbocycles. The van der Waals surface area contributed by atoms with Crippen molar-refractivity contribution in [1.82, 2.24) is 0 Å². The second-order valence-electron chi connectivity index (χ2n) is 3.73. The number of hydrogen-bond donors (Lipinski definition) is 0. The lowest BCUT2D eigenvalue weighted by Gasteiger charge is -2.02. The van der Waals surface area contributed by atoms with Crippen LogP contribution in [-0.2, 0) is 10.2 Å². The Kier molecular flexibility index (Phi) is 1.42. The maximum atomic E-state index is 13.3. The second-order valence-corrected chi connectivity index (χ2v) is 4.59. The number of carbonyl (C=O) groups excluding carboxylic acids is 1. The van der Waals surface area contributed by atoms with Crippen LogP contribution in [0.15, 0.2) is 16.6 Å². The lowest BCUT2D eigenvalue weighted by molar-refractivity contribution is -0.135. The van der Waals surface area contributed by atoms with E-state index in [2.05, 4.69) is 15.9 Å². The predicted octanol–water partition coefficient (Wildman–Crippen LogP) is 2.54. The standard InChI is InChI=1S/C10H6BrFO2/c11-6-4-8-5(3-7(6)12)10(1-2-10)9(13)14-8/h3-4H,1-2H2. The summed E-state index contributed by atoms with van der Waals surface area (Å²) in [6.45, 7) is 0. The van der Waals surface area contributed by atoms with Gasteiger partial charge in [-0.3, -0.25) is 4.79 Å². The molecule has 4 heteroatoms. The molecule has 1 aliphatic carbocycles. The van der Waals surface area contributed by atoms with Gasteiger partial charge in [-0.05, 0) is 40.9 Å².